The number of rotatable bonds is 8. The molecule has 0 spiro atoms. The number of nitrogens with zero attached hydrogens (tertiary/aromatic N) is 2. The maximum absolute atomic E-state index is 15.0. The quantitative estimate of drug-likeness (QED) is 0.201. The predicted molar refractivity (Wildman–Crippen MR) is 233 cm³/mol. The van der Waals surface area contributed by atoms with Crippen LogP contribution < -0.4 is 24.8 Å². The first-order valence-corrected chi connectivity index (χ1v) is 22.5. The molecule has 16 heteroatoms. The third-order valence-corrected chi connectivity index (χ3v) is 14.5. The van der Waals surface area contributed by atoms with Crippen LogP contribution in [0.4, 0.5) is 9.18 Å². The van der Waals surface area contributed by atoms with Gasteiger partial charge in [0.05, 0.1) is 24.1 Å². The lowest BCUT2D eigenvalue weighted by atomic mass is 9.88. The molecule has 3 aromatic rings. The summed E-state index contributed by atoms with van der Waals surface area (Å²) in [6.07, 6.45) is 5.12. The van der Waals surface area contributed by atoms with Gasteiger partial charge in [0.25, 0.3) is 5.91 Å². The standard InChI is InChI=1S/C45H56FN5O9S.3H2/c1-26-10-8-9-11-30-24-45(30,41(54)50-61(56,57)44(6)18-19-44)49-38(52)36-23-33(25-51(36)40(53)37(27(2)20-26)48-42(55)60-43(3,4)5)59-39-34-17-16-32(58-7)21-29(34)22-35(47-39)28-12-14-31(46)15-13-28;;;/h9,11-17,21-22,26-27,30,33,36-37H,8,10,18-20,23-25H2,1-7H3,(H,48,55)(H,49,52)(H,50,54);3*1H/b11-9-;;;/t26-,27-,30-,33-,36+,37+,45-;;;/m1.../s1. The molecule has 4 amide bonds. The molecule has 1 saturated heterocycles. The average molecular weight is 868 g/mol. The van der Waals surface area contributed by atoms with Crippen molar-refractivity contribution in [2.24, 2.45) is 17.8 Å². The number of hydrogen-bond donors (Lipinski definition) is 3. The second kappa shape index (κ2) is 16.6. The molecular formula is C45H62FN5O9S. The molecule has 3 N–H and O–H groups in total. The van der Waals surface area contributed by atoms with Gasteiger partial charge < -0.3 is 29.7 Å². The fraction of sp³-hybridized carbons (Fsp3) is 0.533. The summed E-state index contributed by atoms with van der Waals surface area (Å²) in [7, 11) is -2.49. The van der Waals surface area contributed by atoms with Gasteiger partial charge >= 0.3 is 6.09 Å². The molecule has 2 aliphatic heterocycles. The van der Waals surface area contributed by atoms with Crippen molar-refractivity contribution in [1.29, 1.82) is 0 Å². The van der Waals surface area contributed by atoms with E-state index in [4.69, 9.17) is 19.2 Å². The molecule has 4 aliphatic rings. The molecule has 7 rings (SSSR count). The van der Waals surface area contributed by atoms with Gasteiger partial charge in [-0.1, -0.05) is 26.0 Å². The van der Waals surface area contributed by atoms with E-state index in [1.807, 2.05) is 31.2 Å². The van der Waals surface area contributed by atoms with Gasteiger partial charge in [0.15, 0.2) is 0 Å². The average Bonchev–Trinajstić information content (AvgIpc) is 4.07. The Kier molecular flexibility index (Phi) is 11.9. The Hall–Kier alpha value is -5.25. The van der Waals surface area contributed by atoms with Gasteiger partial charge in [0.2, 0.25) is 27.7 Å². The van der Waals surface area contributed by atoms with Crippen LogP contribution in [0.2, 0.25) is 0 Å². The number of carbonyl (C=O) groups is 4. The summed E-state index contributed by atoms with van der Waals surface area (Å²) in [5.74, 6) is -2.42. The molecule has 0 radical (unpaired) electrons. The van der Waals surface area contributed by atoms with Crippen molar-refractivity contribution >= 4 is 44.6 Å². The summed E-state index contributed by atoms with van der Waals surface area (Å²) in [5, 5.41) is 7.05. The number of pyridine rings is 1. The van der Waals surface area contributed by atoms with Crippen molar-refractivity contribution in [3.8, 4) is 22.9 Å². The zero-order chi connectivity index (χ0) is 44.1. The second-order valence-electron chi connectivity index (χ2n) is 18.5. The number of fused-ring (bicyclic) bond motifs is 3. The summed E-state index contributed by atoms with van der Waals surface area (Å²) in [5.41, 5.74) is -1.32. The number of nitrogens with one attached hydrogen (secondary N) is 3. The van der Waals surface area contributed by atoms with E-state index >= 15 is 0 Å². The van der Waals surface area contributed by atoms with Crippen LogP contribution in [0, 0.1) is 23.6 Å². The number of amides is 4. The van der Waals surface area contributed by atoms with E-state index in [0.717, 1.165) is 6.42 Å². The number of benzene rings is 2. The highest BCUT2D eigenvalue weighted by molar-refractivity contribution is 7.91. The number of allylic oxidation sites excluding steroid dienone is 1. The van der Waals surface area contributed by atoms with Gasteiger partial charge in [-0.05, 0) is 132 Å². The van der Waals surface area contributed by atoms with Crippen molar-refractivity contribution in [2.75, 3.05) is 13.7 Å². The number of methoxy groups -OCH3 is 1. The van der Waals surface area contributed by atoms with Crippen LogP contribution in [-0.4, -0.2) is 89.8 Å². The minimum Gasteiger partial charge on any atom is -0.497 e. The maximum Gasteiger partial charge on any atom is 0.408 e. The van der Waals surface area contributed by atoms with Gasteiger partial charge in [-0.2, -0.15) is 0 Å². The Morgan fingerprint density at radius 2 is 1.77 bits per heavy atom. The fourth-order valence-corrected chi connectivity index (χ4v) is 9.69. The van der Waals surface area contributed by atoms with Gasteiger partial charge in [-0.3, -0.25) is 19.1 Å². The summed E-state index contributed by atoms with van der Waals surface area (Å²) >= 11 is 0. The monoisotopic (exact) mass is 867 g/mol. The highest BCUT2D eigenvalue weighted by Gasteiger charge is 2.63. The third kappa shape index (κ3) is 9.48. The van der Waals surface area contributed by atoms with Crippen LogP contribution in [0.5, 0.6) is 11.6 Å². The first kappa shape index (κ1) is 43.8. The molecule has 3 heterocycles. The predicted octanol–water partition coefficient (Wildman–Crippen LogP) is 6.91. The van der Waals surface area contributed by atoms with Crippen molar-refractivity contribution in [3.05, 3.63) is 66.5 Å². The van der Waals surface area contributed by atoms with Gasteiger partial charge in [0, 0.05) is 27.6 Å². The number of carbonyl (C=O) groups excluding carboxylic acids is 4. The highest BCUT2D eigenvalue weighted by Crippen LogP contribution is 2.48. The molecule has 0 unspecified atom stereocenters. The Morgan fingerprint density at radius 1 is 1.05 bits per heavy atom. The fourth-order valence-electron chi connectivity index (χ4n) is 8.38. The lowest BCUT2D eigenvalue weighted by molar-refractivity contribution is -0.142. The first-order valence-electron chi connectivity index (χ1n) is 21.0. The van der Waals surface area contributed by atoms with Gasteiger partial charge in [0.1, 0.15) is 40.9 Å². The molecule has 7 atom stereocenters. The van der Waals surface area contributed by atoms with Gasteiger partial charge in [-0.25, -0.2) is 22.6 Å². The second-order valence-corrected chi connectivity index (χ2v) is 20.7. The van der Waals surface area contributed by atoms with E-state index in [0.29, 0.717) is 53.5 Å². The van der Waals surface area contributed by atoms with E-state index in [9.17, 15) is 32.0 Å². The van der Waals surface area contributed by atoms with Crippen LogP contribution in [-0.2, 0) is 29.1 Å². The topological polar surface area (TPSA) is 182 Å². The summed E-state index contributed by atoms with van der Waals surface area (Å²) in [6.45, 7) is 10.6. The molecule has 2 aliphatic carbocycles. The first-order chi connectivity index (χ1) is 28.7. The third-order valence-electron chi connectivity index (χ3n) is 12.3. The van der Waals surface area contributed by atoms with Crippen LogP contribution in [0.25, 0.3) is 22.0 Å². The maximum atomic E-state index is 15.0. The SMILES string of the molecule is COc1ccc2c(O[C@@H]3C[C@H]4C(=O)N[C@]5(C(=O)NS(=O)(=O)C6(C)CC6)C[C@H]5/C=C\CC[C@@H](C)C[C@@H](C)[C@H](NC(=O)OC(C)(C)C)C(=O)N4C3)nc(-c3ccc(F)cc3)cc2c1.[HH].[HH].[HH]. The molecule has 61 heavy (non-hydrogen) atoms. The number of sulfonamides is 1. The number of hydrogen-bond acceptors (Lipinski definition) is 10. The Balaban J connectivity index is 0.00000299. The largest absolute Gasteiger partial charge is 0.497 e. The van der Waals surface area contributed by atoms with Crippen LogP contribution in [0.15, 0.2) is 60.7 Å². The Labute approximate surface area is 360 Å². The van der Waals surface area contributed by atoms with E-state index in [1.54, 1.807) is 59.1 Å². The molecule has 0 bridgehead atoms. The number of halogens is 1. The summed E-state index contributed by atoms with van der Waals surface area (Å²) in [4.78, 5) is 63.3. The molecule has 3 fully saturated rings. The van der Waals surface area contributed by atoms with Crippen molar-refractivity contribution in [3.63, 3.8) is 0 Å². The Bertz CT molecular complexity index is 2360. The van der Waals surface area contributed by atoms with Crippen molar-refractivity contribution in [1.82, 2.24) is 25.2 Å². The van der Waals surface area contributed by atoms with E-state index in [2.05, 4.69) is 22.3 Å². The van der Waals surface area contributed by atoms with Crippen molar-refractivity contribution in [2.45, 2.75) is 121 Å². The van der Waals surface area contributed by atoms with Crippen LogP contribution in [0.1, 0.15) is 90.8 Å². The molecular weight excluding hydrogens is 806 g/mol. The molecule has 2 saturated carbocycles. The number of ether oxygens (including phenoxy) is 3. The summed E-state index contributed by atoms with van der Waals surface area (Å²) in [6, 6.07) is 10.8. The minimum atomic E-state index is -4.04. The van der Waals surface area contributed by atoms with Crippen LogP contribution in [0.3, 0.4) is 0 Å². The zero-order valence-electron chi connectivity index (χ0n) is 35.7. The molecule has 1 aromatic heterocycles. The van der Waals surface area contributed by atoms with E-state index < -0.39 is 79.6 Å². The molecule has 2 aromatic carbocycles. The lowest BCUT2D eigenvalue weighted by Gasteiger charge is -2.33. The van der Waals surface area contributed by atoms with Gasteiger partial charge in [-0.15, -0.1) is 0 Å². The molecule has 14 nitrogen and oxygen atoms in total. The highest BCUT2D eigenvalue weighted by atomic mass is 32.2. The van der Waals surface area contributed by atoms with Crippen molar-refractivity contribution < 1.29 is 50.5 Å². The smallest absolute Gasteiger partial charge is 0.408 e. The Morgan fingerprint density at radius 3 is 2.44 bits per heavy atom. The van der Waals surface area contributed by atoms with E-state index in [1.165, 1.54) is 17.0 Å². The lowest BCUT2D eigenvalue weighted by Crippen LogP contribution is -2.59. The summed E-state index contributed by atoms with van der Waals surface area (Å²) < 4.78 is 59.4. The number of alkyl carbamates (subject to hydrolysis) is 1. The number of aromatic nitrogens is 1. The zero-order valence-corrected chi connectivity index (χ0v) is 36.6. The normalized spacial score (nSPS) is 28.2. The minimum absolute atomic E-state index is 0. The molecule has 334 valence electrons. The van der Waals surface area contributed by atoms with E-state index in [-0.39, 0.29) is 41.4 Å². The van der Waals surface area contributed by atoms with Crippen LogP contribution >= 0.6 is 0 Å².